The Labute approximate surface area is 220 Å². The van der Waals surface area contributed by atoms with E-state index in [1.54, 1.807) is 4.90 Å². The highest BCUT2D eigenvalue weighted by Gasteiger charge is 2.58. The van der Waals surface area contributed by atoms with Crippen LogP contribution in [0.2, 0.25) is 5.02 Å². The third-order valence-electron chi connectivity index (χ3n) is 7.25. The van der Waals surface area contributed by atoms with Crippen molar-refractivity contribution < 1.29 is 9.59 Å². The molecule has 3 unspecified atom stereocenters. The van der Waals surface area contributed by atoms with E-state index >= 15 is 0 Å². The number of thioether (sulfide) groups is 1. The monoisotopic (exact) mass is 530 g/mol. The van der Waals surface area contributed by atoms with Crippen molar-refractivity contribution in [3.8, 4) is 0 Å². The molecule has 9 heteroatoms. The Hall–Kier alpha value is -2.22. The fraction of sp³-hybridized carbons (Fsp3) is 0.423. The van der Waals surface area contributed by atoms with Gasteiger partial charge in [0.15, 0.2) is 5.17 Å². The maximum Gasteiger partial charge on any atom is 0.264 e. The lowest BCUT2D eigenvalue weighted by Crippen LogP contribution is -2.52. The largest absolute Gasteiger partial charge is 0.337 e. The van der Waals surface area contributed by atoms with Gasteiger partial charge in [-0.1, -0.05) is 68.3 Å². The molecule has 4 aliphatic rings. The van der Waals surface area contributed by atoms with Gasteiger partial charge in [-0.3, -0.25) is 9.59 Å². The van der Waals surface area contributed by atoms with Gasteiger partial charge in [0.2, 0.25) is 5.91 Å². The van der Waals surface area contributed by atoms with E-state index < -0.39 is 5.54 Å². The quantitative estimate of drug-likeness (QED) is 0.579. The Morgan fingerprint density at radius 3 is 2.51 bits per heavy atom. The number of hydrogen-bond donors (Lipinski definition) is 1. The number of rotatable bonds is 4. The van der Waals surface area contributed by atoms with Gasteiger partial charge in [0, 0.05) is 21.2 Å². The third-order valence-corrected chi connectivity index (χ3v) is 8.84. The lowest BCUT2D eigenvalue weighted by molar-refractivity contribution is -0.127. The van der Waals surface area contributed by atoms with Crippen molar-refractivity contribution >= 4 is 51.9 Å². The number of nitrogens with one attached hydrogen (secondary N) is 1. The zero-order chi connectivity index (χ0) is 25.1. The number of benzene rings is 1. The number of amides is 2. The topological polar surface area (TPSA) is 65.0 Å². The molecular weight excluding hydrogens is 503 g/mol. The number of fused-ring (bicyclic) bond motifs is 1. The summed E-state index contributed by atoms with van der Waals surface area (Å²) >= 11 is 13.9. The van der Waals surface area contributed by atoms with Crippen molar-refractivity contribution in [3.05, 3.63) is 68.7 Å². The Morgan fingerprint density at radius 1 is 1.23 bits per heavy atom. The van der Waals surface area contributed by atoms with E-state index in [9.17, 15) is 9.59 Å². The molecule has 1 fully saturated rings. The van der Waals surface area contributed by atoms with Crippen LogP contribution >= 0.6 is 35.0 Å². The molecule has 35 heavy (non-hydrogen) atoms. The van der Waals surface area contributed by atoms with Crippen molar-refractivity contribution in [3.63, 3.8) is 0 Å². The number of amidine groups is 1. The molecule has 6 nitrogen and oxygen atoms in total. The molecule has 1 aromatic rings. The molecule has 5 rings (SSSR count). The van der Waals surface area contributed by atoms with Crippen LogP contribution in [0.5, 0.6) is 0 Å². The van der Waals surface area contributed by atoms with Gasteiger partial charge in [0.1, 0.15) is 17.0 Å². The maximum atomic E-state index is 13.5. The molecule has 0 radical (unpaired) electrons. The van der Waals surface area contributed by atoms with E-state index in [-0.39, 0.29) is 42.4 Å². The highest BCUT2D eigenvalue weighted by atomic mass is 35.5. The van der Waals surface area contributed by atoms with Crippen molar-refractivity contribution in [2.75, 3.05) is 13.2 Å². The number of aliphatic imine (C=N–C) groups is 1. The molecule has 2 amide bonds. The minimum atomic E-state index is -0.580. The average molecular weight is 532 g/mol. The minimum absolute atomic E-state index is 0.0748. The summed E-state index contributed by atoms with van der Waals surface area (Å²) in [5.74, 6) is -0.193. The maximum absolute atomic E-state index is 13.5. The fourth-order valence-corrected chi connectivity index (χ4v) is 7.21. The molecule has 1 aliphatic carbocycles. The van der Waals surface area contributed by atoms with E-state index in [0.29, 0.717) is 9.93 Å². The first-order valence-electron chi connectivity index (χ1n) is 11.7. The van der Waals surface area contributed by atoms with E-state index in [2.05, 4.69) is 50.1 Å². The van der Waals surface area contributed by atoms with Gasteiger partial charge in [0.05, 0.1) is 12.7 Å². The summed E-state index contributed by atoms with van der Waals surface area (Å²) in [5, 5.41) is 4.95. The van der Waals surface area contributed by atoms with Gasteiger partial charge >= 0.3 is 0 Å². The van der Waals surface area contributed by atoms with Gasteiger partial charge in [-0.25, -0.2) is 4.99 Å². The van der Waals surface area contributed by atoms with Crippen LogP contribution in [0.15, 0.2) is 63.1 Å². The summed E-state index contributed by atoms with van der Waals surface area (Å²) in [6, 6.07) is 7.78. The normalized spacial score (nSPS) is 30.1. The number of carbonyl (C=O) groups is 2. The molecule has 1 N–H and O–H groups in total. The Morgan fingerprint density at radius 2 is 1.94 bits per heavy atom. The SMILES string of the molecule is CC(C)C1=C(C(=O)N2CNC(=O)C2)SC2=NC(C)(c3ccc(Cl)cc3)C(C3(C)C=CC(Cl)=CC3)N21. The first-order valence-corrected chi connectivity index (χ1v) is 13.3. The van der Waals surface area contributed by atoms with Crippen LogP contribution in [0.4, 0.5) is 0 Å². The van der Waals surface area contributed by atoms with Crippen LogP contribution in [0.3, 0.4) is 0 Å². The molecule has 3 aliphatic heterocycles. The molecule has 0 aromatic heterocycles. The highest BCUT2D eigenvalue weighted by molar-refractivity contribution is 8.18. The number of hydrogen-bond acceptors (Lipinski definition) is 5. The van der Waals surface area contributed by atoms with E-state index in [4.69, 9.17) is 28.2 Å². The van der Waals surface area contributed by atoms with Crippen LogP contribution in [-0.2, 0) is 15.1 Å². The zero-order valence-corrected chi connectivity index (χ0v) is 22.5. The zero-order valence-electron chi connectivity index (χ0n) is 20.1. The smallest absolute Gasteiger partial charge is 0.264 e. The van der Waals surface area contributed by atoms with Gasteiger partial charge in [-0.2, -0.15) is 0 Å². The summed E-state index contributed by atoms with van der Waals surface area (Å²) < 4.78 is 0. The first kappa shape index (κ1) is 24.5. The highest BCUT2D eigenvalue weighted by Crippen LogP contribution is 2.56. The van der Waals surface area contributed by atoms with Gasteiger partial charge in [0.25, 0.3) is 5.91 Å². The minimum Gasteiger partial charge on any atom is -0.337 e. The lowest BCUT2D eigenvalue weighted by atomic mass is 9.67. The Bertz CT molecular complexity index is 1220. The molecule has 1 saturated heterocycles. The third kappa shape index (κ3) is 4.02. The number of halogens is 2. The van der Waals surface area contributed by atoms with Crippen LogP contribution in [-0.4, -0.2) is 46.0 Å². The van der Waals surface area contributed by atoms with Gasteiger partial charge < -0.3 is 15.1 Å². The standard InChI is InChI=1S/C26H28Cl2N4O2S/c1-15(2)20-21(22(34)31-13-19(33)29-14-31)35-24-30-26(4,16-5-7-17(27)8-6-16)23(32(20)24)25(3)11-9-18(28)10-12-25/h5-11,15,23H,12-14H2,1-4H3,(H,29,33). The second-order valence-electron chi connectivity index (χ2n) is 10.2. The summed E-state index contributed by atoms with van der Waals surface area (Å²) in [5.41, 5.74) is 1.14. The van der Waals surface area contributed by atoms with Gasteiger partial charge in [-0.05, 0) is 54.8 Å². The Kier molecular flexibility index (Phi) is 6.09. The van der Waals surface area contributed by atoms with E-state index in [1.807, 2.05) is 30.3 Å². The van der Waals surface area contributed by atoms with Crippen molar-refractivity contribution in [1.82, 2.24) is 15.1 Å². The summed E-state index contributed by atoms with van der Waals surface area (Å²) in [6.07, 6.45) is 6.94. The van der Waals surface area contributed by atoms with Crippen molar-refractivity contribution in [2.24, 2.45) is 16.3 Å². The first-order chi connectivity index (χ1) is 16.5. The second kappa shape index (κ2) is 8.71. The molecule has 0 spiro atoms. The predicted octanol–water partition coefficient (Wildman–Crippen LogP) is 5.21. The molecule has 3 heterocycles. The van der Waals surface area contributed by atoms with E-state index in [1.165, 1.54) is 11.8 Å². The molecule has 3 atom stereocenters. The van der Waals surface area contributed by atoms with Crippen LogP contribution in [0.25, 0.3) is 0 Å². The van der Waals surface area contributed by atoms with E-state index in [0.717, 1.165) is 27.9 Å². The Balaban J connectivity index is 1.63. The lowest BCUT2D eigenvalue weighted by Gasteiger charge is -2.47. The molecule has 1 aromatic carbocycles. The average Bonchev–Trinajstić information content (AvgIpc) is 3.47. The summed E-state index contributed by atoms with van der Waals surface area (Å²) in [6.45, 7) is 8.90. The van der Waals surface area contributed by atoms with Crippen molar-refractivity contribution in [1.29, 1.82) is 0 Å². The fourth-order valence-electron chi connectivity index (χ4n) is 5.57. The second-order valence-corrected chi connectivity index (χ2v) is 12.0. The number of allylic oxidation sites excluding steroid dienone is 4. The van der Waals surface area contributed by atoms with Crippen LogP contribution in [0.1, 0.15) is 39.7 Å². The molecule has 0 saturated carbocycles. The number of carbonyl (C=O) groups excluding carboxylic acids is 2. The molecular formula is C26H28Cl2N4O2S. The van der Waals surface area contributed by atoms with Crippen molar-refractivity contribution in [2.45, 2.75) is 45.7 Å². The number of nitrogens with zero attached hydrogens (tertiary/aromatic N) is 3. The van der Waals surface area contributed by atoms with Gasteiger partial charge in [-0.15, -0.1) is 0 Å². The summed E-state index contributed by atoms with van der Waals surface area (Å²) in [7, 11) is 0. The summed E-state index contributed by atoms with van der Waals surface area (Å²) in [4.78, 5) is 35.1. The predicted molar refractivity (Wildman–Crippen MR) is 142 cm³/mol. The molecule has 184 valence electrons. The van der Waals surface area contributed by atoms with Crippen LogP contribution in [0, 0.1) is 11.3 Å². The molecule has 0 bridgehead atoms. The van der Waals surface area contributed by atoms with Crippen LogP contribution < -0.4 is 5.32 Å².